The first kappa shape index (κ1) is 16.2. The van der Waals surface area contributed by atoms with E-state index in [1.165, 1.54) is 18.5 Å². The van der Waals surface area contributed by atoms with Crippen molar-refractivity contribution >= 4 is 0 Å². The fourth-order valence-electron chi connectivity index (χ4n) is 2.40. The third kappa shape index (κ3) is 4.98. The van der Waals surface area contributed by atoms with Crippen LogP contribution in [0, 0.1) is 5.92 Å². The minimum atomic E-state index is 0.504. The number of nitrogens with zero attached hydrogens (tertiary/aromatic N) is 2. The third-order valence-corrected chi connectivity index (χ3v) is 4.13. The Hall–Kier alpha value is -0.830. The lowest BCUT2D eigenvalue weighted by Gasteiger charge is -2.23. The van der Waals surface area contributed by atoms with E-state index in [2.05, 4.69) is 56.9 Å². The molecule has 0 aliphatic rings. The fraction of sp³-hybridized carbons (Fsp3) is 0.812. The molecule has 1 aromatic heterocycles. The highest BCUT2D eigenvalue weighted by molar-refractivity contribution is 5.02. The van der Waals surface area contributed by atoms with E-state index in [0.717, 1.165) is 19.4 Å². The van der Waals surface area contributed by atoms with Crippen LogP contribution < -0.4 is 5.32 Å². The van der Waals surface area contributed by atoms with Gasteiger partial charge in [0.05, 0.1) is 5.69 Å². The van der Waals surface area contributed by atoms with Crippen LogP contribution in [-0.4, -0.2) is 22.4 Å². The predicted octanol–water partition coefficient (Wildman–Crippen LogP) is 3.81. The summed E-state index contributed by atoms with van der Waals surface area (Å²) in [5.41, 5.74) is 1.23. The number of rotatable bonds is 9. The normalized spacial score (nSPS) is 16.3. The van der Waals surface area contributed by atoms with E-state index in [1.807, 2.05) is 0 Å². The second-order valence-corrected chi connectivity index (χ2v) is 5.66. The molecule has 0 spiro atoms. The highest BCUT2D eigenvalue weighted by Gasteiger charge is 2.17. The van der Waals surface area contributed by atoms with Crippen LogP contribution in [0.1, 0.15) is 65.6 Å². The lowest BCUT2D eigenvalue weighted by molar-refractivity contribution is 0.357. The van der Waals surface area contributed by atoms with Crippen LogP contribution in [0.5, 0.6) is 0 Å². The smallest absolute Gasteiger partial charge is 0.0628 e. The molecule has 0 saturated carbocycles. The van der Waals surface area contributed by atoms with E-state index in [0.29, 0.717) is 18.0 Å². The van der Waals surface area contributed by atoms with E-state index in [-0.39, 0.29) is 0 Å². The van der Waals surface area contributed by atoms with Crippen molar-refractivity contribution in [1.82, 2.24) is 15.1 Å². The van der Waals surface area contributed by atoms with E-state index >= 15 is 0 Å². The van der Waals surface area contributed by atoms with Gasteiger partial charge in [-0.2, -0.15) is 5.10 Å². The van der Waals surface area contributed by atoms with E-state index < -0.39 is 0 Å². The van der Waals surface area contributed by atoms with Crippen LogP contribution in [0.2, 0.25) is 0 Å². The third-order valence-electron chi connectivity index (χ3n) is 4.13. The molecule has 0 aliphatic heterocycles. The van der Waals surface area contributed by atoms with Crippen LogP contribution in [-0.2, 0) is 6.42 Å². The quantitative estimate of drug-likeness (QED) is 0.736. The average molecular weight is 265 g/mol. The highest BCUT2D eigenvalue weighted by atomic mass is 15.3. The molecule has 1 aromatic rings. The molecule has 0 aliphatic carbocycles. The number of aromatic nitrogens is 2. The van der Waals surface area contributed by atoms with Gasteiger partial charge >= 0.3 is 0 Å². The summed E-state index contributed by atoms with van der Waals surface area (Å²) in [4.78, 5) is 0. The van der Waals surface area contributed by atoms with Crippen LogP contribution >= 0.6 is 0 Å². The lowest BCUT2D eigenvalue weighted by atomic mass is 9.93. The number of nitrogens with one attached hydrogen (secondary N) is 1. The first-order valence-corrected chi connectivity index (χ1v) is 7.89. The summed E-state index contributed by atoms with van der Waals surface area (Å²) >= 11 is 0. The van der Waals surface area contributed by atoms with Crippen molar-refractivity contribution in [2.45, 2.75) is 72.4 Å². The zero-order chi connectivity index (χ0) is 14.3. The molecule has 3 atom stereocenters. The van der Waals surface area contributed by atoms with Gasteiger partial charge in [-0.15, -0.1) is 0 Å². The molecular weight excluding hydrogens is 234 g/mol. The molecule has 1 rings (SSSR count). The summed E-state index contributed by atoms with van der Waals surface area (Å²) in [6.45, 7) is 12.3. The minimum Gasteiger partial charge on any atom is -0.314 e. The van der Waals surface area contributed by atoms with Crippen molar-refractivity contribution in [3.05, 3.63) is 18.0 Å². The van der Waals surface area contributed by atoms with Crippen molar-refractivity contribution in [1.29, 1.82) is 0 Å². The molecule has 0 saturated heterocycles. The first-order valence-electron chi connectivity index (χ1n) is 7.89. The Morgan fingerprint density at radius 2 is 1.95 bits per heavy atom. The van der Waals surface area contributed by atoms with Gasteiger partial charge in [-0.1, -0.05) is 27.2 Å². The summed E-state index contributed by atoms with van der Waals surface area (Å²) in [5, 5.41) is 8.33. The molecule has 0 fully saturated rings. The summed E-state index contributed by atoms with van der Waals surface area (Å²) < 4.78 is 2.10. The van der Waals surface area contributed by atoms with Gasteiger partial charge in [0.15, 0.2) is 0 Å². The van der Waals surface area contributed by atoms with Gasteiger partial charge in [0.2, 0.25) is 0 Å². The van der Waals surface area contributed by atoms with Gasteiger partial charge < -0.3 is 5.32 Å². The molecule has 3 heteroatoms. The second kappa shape index (κ2) is 8.36. The first-order chi connectivity index (χ1) is 9.12. The van der Waals surface area contributed by atoms with Gasteiger partial charge in [-0.25, -0.2) is 0 Å². The Morgan fingerprint density at radius 1 is 1.21 bits per heavy atom. The maximum Gasteiger partial charge on any atom is 0.0628 e. The Bertz CT molecular complexity index is 346. The Kier molecular flexibility index (Phi) is 7.14. The van der Waals surface area contributed by atoms with Crippen LogP contribution in [0.4, 0.5) is 0 Å². The van der Waals surface area contributed by atoms with Crippen molar-refractivity contribution in [3.8, 4) is 0 Å². The molecule has 3 unspecified atom stereocenters. The molecule has 0 bridgehead atoms. The maximum atomic E-state index is 4.72. The predicted molar refractivity (Wildman–Crippen MR) is 82.5 cm³/mol. The molecular formula is C16H31N3. The van der Waals surface area contributed by atoms with Crippen LogP contribution in [0.25, 0.3) is 0 Å². The van der Waals surface area contributed by atoms with Crippen LogP contribution in [0.15, 0.2) is 12.3 Å². The van der Waals surface area contributed by atoms with Crippen molar-refractivity contribution in [3.63, 3.8) is 0 Å². The standard InChI is InChI=1S/C16H31N3/c1-6-10-17-14(5)15(8-3)12-16-9-11-19(18-16)13(4)7-2/h9,11,13-15,17H,6-8,10,12H2,1-5H3. The molecule has 1 N–H and O–H groups in total. The summed E-state index contributed by atoms with van der Waals surface area (Å²) in [6, 6.07) is 3.25. The number of hydrogen-bond acceptors (Lipinski definition) is 2. The maximum absolute atomic E-state index is 4.72. The highest BCUT2D eigenvalue weighted by Crippen LogP contribution is 2.17. The topological polar surface area (TPSA) is 29.9 Å². The van der Waals surface area contributed by atoms with Gasteiger partial charge in [0.1, 0.15) is 0 Å². The Balaban J connectivity index is 2.57. The average Bonchev–Trinajstić information content (AvgIpc) is 2.89. The monoisotopic (exact) mass is 265 g/mol. The zero-order valence-electron chi connectivity index (χ0n) is 13.3. The second-order valence-electron chi connectivity index (χ2n) is 5.66. The van der Waals surface area contributed by atoms with E-state index in [4.69, 9.17) is 5.10 Å². The molecule has 0 amide bonds. The van der Waals surface area contributed by atoms with Crippen molar-refractivity contribution in [2.75, 3.05) is 6.54 Å². The van der Waals surface area contributed by atoms with Gasteiger partial charge in [-0.05, 0) is 51.6 Å². The number of hydrogen-bond donors (Lipinski definition) is 1. The molecule has 110 valence electrons. The van der Waals surface area contributed by atoms with Crippen molar-refractivity contribution < 1.29 is 0 Å². The fourth-order valence-corrected chi connectivity index (χ4v) is 2.40. The molecule has 19 heavy (non-hydrogen) atoms. The van der Waals surface area contributed by atoms with Gasteiger partial charge in [-0.3, -0.25) is 4.68 Å². The molecule has 0 radical (unpaired) electrons. The lowest BCUT2D eigenvalue weighted by Crippen LogP contribution is -2.35. The van der Waals surface area contributed by atoms with Crippen LogP contribution in [0.3, 0.4) is 0 Å². The SMILES string of the molecule is CCCNC(C)C(CC)Cc1ccn(C(C)CC)n1. The Morgan fingerprint density at radius 3 is 2.53 bits per heavy atom. The molecule has 3 nitrogen and oxygen atoms in total. The zero-order valence-corrected chi connectivity index (χ0v) is 13.3. The van der Waals surface area contributed by atoms with E-state index in [1.54, 1.807) is 0 Å². The van der Waals surface area contributed by atoms with Gasteiger partial charge in [0.25, 0.3) is 0 Å². The van der Waals surface area contributed by atoms with Crippen molar-refractivity contribution in [2.24, 2.45) is 5.92 Å². The van der Waals surface area contributed by atoms with E-state index in [9.17, 15) is 0 Å². The van der Waals surface area contributed by atoms with Gasteiger partial charge in [0, 0.05) is 18.3 Å². The molecule has 1 heterocycles. The Labute approximate surface area is 118 Å². The minimum absolute atomic E-state index is 0.504. The molecule has 0 aromatic carbocycles. The summed E-state index contributed by atoms with van der Waals surface area (Å²) in [6.07, 6.45) is 6.74. The largest absolute Gasteiger partial charge is 0.314 e. The summed E-state index contributed by atoms with van der Waals surface area (Å²) in [5.74, 6) is 0.673. The summed E-state index contributed by atoms with van der Waals surface area (Å²) in [7, 11) is 0.